The lowest BCUT2D eigenvalue weighted by atomic mass is 10.0. The zero-order chi connectivity index (χ0) is 23.4. The van der Waals surface area contributed by atoms with E-state index in [0.717, 1.165) is 41.2 Å². The maximum atomic E-state index is 13.5. The maximum Gasteiger partial charge on any atom is 0.335 e. The topological polar surface area (TPSA) is 95.7 Å². The first-order valence-corrected chi connectivity index (χ1v) is 12.7. The summed E-state index contributed by atoms with van der Waals surface area (Å²) < 4.78 is 26.6. The Morgan fingerprint density at radius 2 is 1.71 bits per heavy atom. The van der Waals surface area contributed by atoms with Gasteiger partial charge in [0.15, 0.2) is 0 Å². The molecule has 0 radical (unpaired) electrons. The molecule has 1 fully saturated rings. The van der Waals surface area contributed by atoms with Gasteiger partial charge in [-0.15, -0.1) is 17.2 Å². The number of halogens is 1. The molecular weight excluding hydrogens is 472 g/mol. The van der Waals surface area contributed by atoms with E-state index < -0.39 is 10.0 Å². The van der Waals surface area contributed by atoms with Crippen molar-refractivity contribution in [2.24, 2.45) is 5.73 Å². The molecule has 34 heavy (non-hydrogen) atoms. The van der Waals surface area contributed by atoms with Crippen LogP contribution in [0.5, 0.6) is 0 Å². The molecule has 0 aromatic heterocycles. The molecule has 3 aromatic carbocycles. The van der Waals surface area contributed by atoms with Crippen molar-refractivity contribution in [2.45, 2.75) is 50.2 Å². The van der Waals surface area contributed by atoms with Crippen LogP contribution in [0.4, 0.5) is 4.79 Å². The molecule has 1 saturated heterocycles. The van der Waals surface area contributed by atoms with Crippen molar-refractivity contribution in [3.63, 3.8) is 0 Å². The van der Waals surface area contributed by atoms with Gasteiger partial charge in [0.05, 0.1) is 11.4 Å². The van der Waals surface area contributed by atoms with E-state index in [9.17, 15) is 13.2 Å². The van der Waals surface area contributed by atoms with E-state index in [4.69, 9.17) is 5.73 Å². The molecule has 2 amide bonds. The summed E-state index contributed by atoms with van der Waals surface area (Å²) in [5.41, 5.74) is 7.47. The van der Waals surface area contributed by atoms with Gasteiger partial charge in [-0.1, -0.05) is 54.6 Å². The van der Waals surface area contributed by atoms with E-state index in [2.05, 4.69) is 4.83 Å². The molecule has 3 aromatic rings. The van der Waals surface area contributed by atoms with Crippen molar-refractivity contribution in [2.75, 3.05) is 6.54 Å². The fourth-order valence-corrected chi connectivity index (χ4v) is 5.24. The Morgan fingerprint density at radius 3 is 2.38 bits per heavy atom. The zero-order valence-electron chi connectivity index (χ0n) is 19.2. The predicted molar refractivity (Wildman–Crippen MR) is 137 cm³/mol. The van der Waals surface area contributed by atoms with E-state index >= 15 is 0 Å². The van der Waals surface area contributed by atoms with Crippen LogP contribution in [-0.2, 0) is 23.1 Å². The van der Waals surface area contributed by atoms with Crippen molar-refractivity contribution in [1.82, 2.24) is 14.7 Å². The number of sulfonamides is 1. The first-order chi connectivity index (χ1) is 15.9. The molecule has 7 nitrogen and oxygen atoms in total. The van der Waals surface area contributed by atoms with Gasteiger partial charge in [0.25, 0.3) is 10.0 Å². The molecule has 0 saturated carbocycles. The van der Waals surface area contributed by atoms with Crippen molar-refractivity contribution in [3.8, 4) is 0 Å². The van der Waals surface area contributed by atoms with Crippen LogP contribution in [0.15, 0.2) is 71.6 Å². The molecule has 1 heterocycles. The van der Waals surface area contributed by atoms with Crippen LogP contribution >= 0.6 is 12.4 Å². The van der Waals surface area contributed by atoms with Gasteiger partial charge >= 0.3 is 6.03 Å². The Hall–Kier alpha value is -2.65. The Labute approximate surface area is 207 Å². The normalized spacial score (nSPS) is 16.2. The standard InChI is InChI=1S/C25H30N4O3S.ClH/c1-19-6-4-5-15-28(19)25(30)29(18-21-11-9-20(17-26)10-12-21)27-33(31,32)24-14-13-22-7-2-3-8-23(22)16-24;/h2-3,7-14,16,19,27H,4-6,15,17-18,26H2,1H3;1H. The zero-order valence-corrected chi connectivity index (χ0v) is 20.8. The predicted octanol–water partition coefficient (Wildman–Crippen LogP) is 4.41. The molecule has 1 aliphatic rings. The lowest BCUT2D eigenvalue weighted by Crippen LogP contribution is -2.54. The van der Waals surface area contributed by atoms with Crippen LogP contribution < -0.4 is 10.6 Å². The highest BCUT2D eigenvalue weighted by molar-refractivity contribution is 7.89. The number of urea groups is 1. The number of hydrogen-bond acceptors (Lipinski definition) is 4. The van der Waals surface area contributed by atoms with E-state index in [1.54, 1.807) is 23.1 Å². The minimum atomic E-state index is -3.98. The van der Waals surface area contributed by atoms with Crippen molar-refractivity contribution >= 4 is 39.2 Å². The van der Waals surface area contributed by atoms with Gasteiger partial charge in [0.2, 0.25) is 0 Å². The molecule has 1 aliphatic heterocycles. The SMILES string of the molecule is CC1CCCCN1C(=O)N(Cc1ccc(CN)cc1)NS(=O)(=O)c1ccc2ccccc2c1.Cl. The van der Waals surface area contributed by atoms with Gasteiger partial charge in [-0.3, -0.25) is 0 Å². The Balaban J connectivity index is 0.00000324. The van der Waals surface area contributed by atoms with E-state index in [-0.39, 0.29) is 35.9 Å². The smallest absolute Gasteiger partial charge is 0.326 e. The molecule has 4 rings (SSSR count). The van der Waals surface area contributed by atoms with Crippen molar-refractivity contribution in [1.29, 1.82) is 0 Å². The third-order valence-corrected chi connectivity index (χ3v) is 7.48. The second-order valence-electron chi connectivity index (χ2n) is 8.53. The second-order valence-corrected chi connectivity index (χ2v) is 10.2. The summed E-state index contributed by atoms with van der Waals surface area (Å²) in [6, 6.07) is 19.8. The second kappa shape index (κ2) is 11.2. The van der Waals surface area contributed by atoms with Crippen LogP contribution in [0.3, 0.4) is 0 Å². The number of amides is 2. The fraction of sp³-hybridized carbons (Fsp3) is 0.320. The third-order valence-electron chi connectivity index (χ3n) is 6.14. The molecule has 9 heteroatoms. The van der Waals surface area contributed by atoms with Gasteiger partial charge in [-0.2, -0.15) is 0 Å². The largest absolute Gasteiger partial charge is 0.335 e. The van der Waals surface area contributed by atoms with Gasteiger partial charge in [0.1, 0.15) is 0 Å². The highest BCUT2D eigenvalue weighted by Gasteiger charge is 2.30. The quantitative estimate of drug-likeness (QED) is 0.488. The number of nitrogens with two attached hydrogens (primary N) is 1. The number of likely N-dealkylation sites (tertiary alicyclic amines) is 1. The molecule has 1 unspecified atom stereocenters. The number of hydrogen-bond donors (Lipinski definition) is 2. The summed E-state index contributed by atoms with van der Waals surface area (Å²) in [5, 5.41) is 2.98. The minimum Gasteiger partial charge on any atom is -0.326 e. The monoisotopic (exact) mass is 502 g/mol. The minimum absolute atomic E-state index is 0. The molecule has 0 spiro atoms. The van der Waals surface area contributed by atoms with E-state index in [0.29, 0.717) is 13.1 Å². The highest BCUT2D eigenvalue weighted by Crippen LogP contribution is 2.22. The molecule has 182 valence electrons. The van der Waals surface area contributed by atoms with Crippen LogP contribution in [0.25, 0.3) is 10.8 Å². The number of benzene rings is 3. The number of carbonyl (C=O) groups excluding carboxylic acids is 1. The number of hydrazine groups is 1. The van der Waals surface area contributed by atoms with Crippen LogP contribution in [0.1, 0.15) is 37.3 Å². The molecule has 3 N–H and O–H groups in total. The molecule has 1 atom stereocenters. The first kappa shape index (κ1) is 26.0. The van der Waals surface area contributed by atoms with E-state index in [1.165, 1.54) is 5.01 Å². The van der Waals surface area contributed by atoms with Crippen LogP contribution in [0.2, 0.25) is 0 Å². The Kier molecular flexibility index (Phi) is 8.54. The molecule has 0 bridgehead atoms. The first-order valence-electron chi connectivity index (χ1n) is 11.2. The number of nitrogens with one attached hydrogen (secondary N) is 1. The van der Waals surface area contributed by atoms with Gasteiger partial charge < -0.3 is 10.6 Å². The summed E-state index contributed by atoms with van der Waals surface area (Å²) in [6.45, 7) is 3.14. The number of nitrogens with zero attached hydrogens (tertiary/aromatic N) is 2. The lowest BCUT2D eigenvalue weighted by Gasteiger charge is -2.37. The summed E-state index contributed by atoms with van der Waals surface area (Å²) in [4.78, 5) is 17.9. The summed E-state index contributed by atoms with van der Waals surface area (Å²) >= 11 is 0. The molecular formula is C25H31ClN4O3S. The Bertz CT molecular complexity index is 1230. The molecule has 0 aliphatic carbocycles. The lowest BCUT2D eigenvalue weighted by molar-refractivity contribution is 0.111. The number of rotatable bonds is 6. The third kappa shape index (κ3) is 5.88. The highest BCUT2D eigenvalue weighted by atomic mass is 35.5. The average molecular weight is 503 g/mol. The maximum absolute atomic E-state index is 13.5. The van der Waals surface area contributed by atoms with Crippen molar-refractivity contribution < 1.29 is 13.2 Å². The summed E-state index contributed by atoms with van der Waals surface area (Å²) in [6.07, 6.45) is 2.88. The summed E-state index contributed by atoms with van der Waals surface area (Å²) in [5.74, 6) is 0. The number of fused-ring (bicyclic) bond motifs is 1. The van der Waals surface area contributed by atoms with Crippen LogP contribution in [-0.4, -0.2) is 36.9 Å². The fourth-order valence-electron chi connectivity index (χ4n) is 4.17. The van der Waals surface area contributed by atoms with Crippen LogP contribution in [0, 0.1) is 0 Å². The Morgan fingerprint density at radius 1 is 1.03 bits per heavy atom. The summed E-state index contributed by atoms with van der Waals surface area (Å²) in [7, 11) is -3.98. The number of carbonyl (C=O) groups is 1. The average Bonchev–Trinajstić information content (AvgIpc) is 2.83. The van der Waals surface area contributed by atoms with Gasteiger partial charge in [0, 0.05) is 19.1 Å². The van der Waals surface area contributed by atoms with Gasteiger partial charge in [-0.05, 0) is 60.2 Å². The van der Waals surface area contributed by atoms with Gasteiger partial charge in [-0.25, -0.2) is 18.2 Å². The van der Waals surface area contributed by atoms with Crippen molar-refractivity contribution in [3.05, 3.63) is 77.9 Å². The van der Waals surface area contributed by atoms with E-state index in [1.807, 2.05) is 55.5 Å². The number of piperidine rings is 1.